The van der Waals surface area contributed by atoms with Gasteiger partial charge in [-0.3, -0.25) is 0 Å². The molecule has 0 unspecified atom stereocenters. The van der Waals surface area contributed by atoms with E-state index in [1.54, 1.807) is 0 Å². The number of nitrogens with two attached hydrogens (primary N) is 1. The molecule has 0 atom stereocenters. The van der Waals surface area contributed by atoms with Crippen LogP contribution in [0.15, 0.2) is 146 Å². The summed E-state index contributed by atoms with van der Waals surface area (Å²) in [6, 6.07) is 51.8. The van der Waals surface area contributed by atoms with E-state index in [-0.39, 0.29) is 0 Å². The van der Waals surface area contributed by atoms with E-state index in [4.69, 9.17) is 5.73 Å². The number of para-hydroxylation sites is 1. The van der Waals surface area contributed by atoms with Crippen molar-refractivity contribution in [2.75, 3.05) is 5.73 Å². The molecule has 0 amide bonds. The summed E-state index contributed by atoms with van der Waals surface area (Å²) >= 11 is 0. The summed E-state index contributed by atoms with van der Waals surface area (Å²) in [5.41, 5.74) is 23.7. The van der Waals surface area contributed by atoms with Crippen molar-refractivity contribution in [3.63, 3.8) is 0 Å². The van der Waals surface area contributed by atoms with Crippen molar-refractivity contribution in [3.8, 4) is 0 Å². The Balaban J connectivity index is 1.44. The van der Waals surface area contributed by atoms with Gasteiger partial charge in [0, 0.05) is 77.7 Å². The number of aromatic amines is 4. The monoisotopic (exact) mass is 673 g/mol. The summed E-state index contributed by atoms with van der Waals surface area (Å²) in [6.45, 7) is 6.37. The van der Waals surface area contributed by atoms with Crippen LogP contribution in [-0.2, 0) is 0 Å². The Labute approximate surface area is 302 Å². The summed E-state index contributed by atoms with van der Waals surface area (Å²) in [5.74, 6) is 0. The molecule has 0 fully saturated rings. The first-order valence-corrected chi connectivity index (χ1v) is 17.7. The molecule has 4 aromatic carbocycles. The minimum atomic E-state index is 0.715. The number of nitrogen functional groups attached to an aromatic ring is 1. The Morgan fingerprint density at radius 1 is 0.327 bits per heavy atom. The van der Waals surface area contributed by atoms with Crippen LogP contribution in [0.4, 0.5) is 5.69 Å². The lowest BCUT2D eigenvalue weighted by Crippen LogP contribution is -2.19. The van der Waals surface area contributed by atoms with Gasteiger partial charge in [-0.25, -0.2) is 0 Å². The molecule has 252 valence electrons. The zero-order chi connectivity index (χ0) is 35.3. The fraction of sp³-hybridized carbons (Fsp3) is 0.0638. The third-order valence-corrected chi connectivity index (χ3v) is 10.1. The Morgan fingerprint density at radius 2 is 0.654 bits per heavy atom. The van der Waals surface area contributed by atoms with Crippen LogP contribution in [-0.4, -0.2) is 19.9 Å². The fourth-order valence-electron chi connectivity index (χ4n) is 7.44. The molecular weight excluding hydrogens is 635 g/mol. The summed E-state index contributed by atoms with van der Waals surface area (Å²) in [6.07, 6.45) is 0. The molecule has 8 aromatic rings. The van der Waals surface area contributed by atoms with Gasteiger partial charge in [-0.15, -0.1) is 0 Å². The van der Waals surface area contributed by atoms with E-state index in [0.717, 1.165) is 88.7 Å². The first-order chi connectivity index (χ1) is 25.4. The number of nitrogens with one attached hydrogen (secondary N) is 4. The van der Waals surface area contributed by atoms with Gasteiger partial charge >= 0.3 is 0 Å². The summed E-state index contributed by atoms with van der Waals surface area (Å²) in [7, 11) is 0. The van der Waals surface area contributed by atoms with Crippen molar-refractivity contribution in [3.05, 3.63) is 229 Å². The van der Waals surface area contributed by atoms with E-state index in [2.05, 4.69) is 168 Å². The number of anilines is 1. The molecule has 0 aliphatic carbocycles. The van der Waals surface area contributed by atoms with Crippen molar-refractivity contribution < 1.29 is 0 Å². The quantitative estimate of drug-likeness (QED) is 0.131. The Kier molecular flexibility index (Phi) is 7.55. The molecule has 6 N–H and O–H groups in total. The van der Waals surface area contributed by atoms with Gasteiger partial charge < -0.3 is 25.7 Å². The second-order valence-electron chi connectivity index (χ2n) is 13.8. The number of hydrogen-bond donors (Lipinski definition) is 5. The van der Waals surface area contributed by atoms with Gasteiger partial charge in [0.25, 0.3) is 0 Å². The highest BCUT2D eigenvalue weighted by atomic mass is 14.8. The second kappa shape index (κ2) is 12.6. The molecule has 5 heteroatoms. The summed E-state index contributed by atoms with van der Waals surface area (Å²) in [4.78, 5) is 15.4. The molecule has 5 nitrogen and oxygen atoms in total. The van der Waals surface area contributed by atoms with E-state index >= 15 is 0 Å². The topological polar surface area (TPSA) is 89.2 Å². The SMILES string of the molecule is Cc1ccc(C2=c3ccc([nH]3)=C(c3ccc(C)cc3)c3ccc([nH]3)C(c3ccccc3N)=c3ccc([nH]3)=C(c3ccc(C)cc3)c3ccc2[nH]3)cc1. The Bertz CT molecular complexity index is 2850. The van der Waals surface area contributed by atoms with Crippen LogP contribution in [0.5, 0.6) is 0 Å². The maximum atomic E-state index is 6.71. The zero-order valence-electron chi connectivity index (χ0n) is 29.4. The Morgan fingerprint density at radius 3 is 1.02 bits per heavy atom. The lowest BCUT2D eigenvalue weighted by atomic mass is 10.0. The van der Waals surface area contributed by atoms with Crippen molar-refractivity contribution in [2.24, 2.45) is 0 Å². The van der Waals surface area contributed by atoms with Crippen LogP contribution < -0.4 is 27.1 Å². The van der Waals surface area contributed by atoms with E-state index in [9.17, 15) is 0 Å². The lowest BCUT2D eigenvalue weighted by molar-refractivity contribution is 1.19. The van der Waals surface area contributed by atoms with Gasteiger partial charge in [0.15, 0.2) is 0 Å². The van der Waals surface area contributed by atoms with Gasteiger partial charge in [-0.2, -0.15) is 0 Å². The normalized spacial score (nSPS) is 12.8. The van der Waals surface area contributed by atoms with Gasteiger partial charge in [0.1, 0.15) is 0 Å². The highest BCUT2D eigenvalue weighted by Gasteiger charge is 2.19. The molecule has 52 heavy (non-hydrogen) atoms. The molecule has 0 spiro atoms. The fourth-order valence-corrected chi connectivity index (χ4v) is 7.44. The van der Waals surface area contributed by atoms with Gasteiger partial charge in [-0.1, -0.05) is 108 Å². The Hall–Kier alpha value is -6.72. The highest BCUT2D eigenvalue weighted by Crippen LogP contribution is 2.29. The molecule has 5 heterocycles. The molecule has 9 rings (SSSR count). The van der Waals surface area contributed by atoms with E-state index in [0.29, 0.717) is 5.69 Å². The lowest BCUT2D eigenvalue weighted by Gasteiger charge is -2.11. The van der Waals surface area contributed by atoms with Crippen molar-refractivity contribution in [1.29, 1.82) is 0 Å². The number of fused-ring (bicyclic) bond motifs is 8. The van der Waals surface area contributed by atoms with Gasteiger partial charge in [0.2, 0.25) is 0 Å². The van der Waals surface area contributed by atoms with E-state index in [1.165, 1.54) is 16.7 Å². The predicted molar refractivity (Wildman–Crippen MR) is 213 cm³/mol. The molecule has 0 saturated carbocycles. The standard InChI is InChI=1S/C47H39N5/c1-28-8-14-31(15-9-28)44-36-20-22-38(49-36)45(32-16-10-29(2)11-17-32)40-24-26-42(51-40)47(34-6-4-5-7-35(34)48)43-27-25-41(52-43)46(39-23-21-37(44)50-39)33-18-12-30(3)13-19-33/h4-27,49-52H,48H2,1-3H3. The number of hydrogen-bond acceptors (Lipinski definition) is 1. The number of aromatic nitrogens is 4. The minimum absolute atomic E-state index is 0.715. The molecule has 1 aliphatic rings. The smallest absolute Gasteiger partial charge is 0.0486 e. The first-order valence-electron chi connectivity index (χ1n) is 17.7. The average Bonchev–Trinajstić information content (AvgIpc) is 3.99. The van der Waals surface area contributed by atoms with E-state index in [1.807, 2.05) is 18.2 Å². The van der Waals surface area contributed by atoms with Crippen LogP contribution in [0.3, 0.4) is 0 Å². The van der Waals surface area contributed by atoms with Gasteiger partial charge in [-0.05, 0) is 92.1 Å². The highest BCUT2D eigenvalue weighted by molar-refractivity contribution is 5.87. The number of benzene rings is 4. The second-order valence-corrected chi connectivity index (χ2v) is 13.8. The van der Waals surface area contributed by atoms with Crippen LogP contribution >= 0.6 is 0 Å². The van der Waals surface area contributed by atoms with Crippen LogP contribution in [0.25, 0.3) is 22.3 Å². The number of H-pyrrole nitrogens is 4. The summed E-state index contributed by atoms with van der Waals surface area (Å²) < 4.78 is 0. The first kappa shape index (κ1) is 31.3. The third kappa shape index (κ3) is 5.53. The number of rotatable bonds is 4. The third-order valence-electron chi connectivity index (χ3n) is 10.1. The molecule has 0 saturated heterocycles. The van der Waals surface area contributed by atoms with Crippen LogP contribution in [0.2, 0.25) is 0 Å². The molecule has 4 aromatic heterocycles. The van der Waals surface area contributed by atoms with Crippen molar-refractivity contribution >= 4 is 28.0 Å². The van der Waals surface area contributed by atoms with Gasteiger partial charge in [0.05, 0.1) is 0 Å². The molecule has 8 bridgehead atoms. The zero-order valence-corrected chi connectivity index (χ0v) is 29.4. The van der Waals surface area contributed by atoms with Crippen molar-refractivity contribution in [1.82, 2.24) is 19.9 Å². The van der Waals surface area contributed by atoms with Crippen LogP contribution in [0, 0.1) is 20.8 Å². The molecule has 1 aliphatic heterocycles. The van der Waals surface area contributed by atoms with Crippen molar-refractivity contribution in [2.45, 2.75) is 20.8 Å². The maximum absolute atomic E-state index is 6.71. The molecule has 0 radical (unpaired) electrons. The maximum Gasteiger partial charge on any atom is 0.0486 e. The number of aryl methyl sites for hydroxylation is 3. The minimum Gasteiger partial charge on any atom is -0.398 e. The molecular formula is C47H39N5. The van der Waals surface area contributed by atoms with E-state index < -0.39 is 0 Å². The van der Waals surface area contributed by atoms with Crippen LogP contribution in [0.1, 0.15) is 61.7 Å². The summed E-state index contributed by atoms with van der Waals surface area (Å²) in [5, 5.41) is 4.02. The average molecular weight is 674 g/mol. The predicted octanol–water partition coefficient (Wildman–Crippen LogP) is 6.81. The largest absolute Gasteiger partial charge is 0.398 e.